The SMILES string of the molecule is C1=CCc2ccccc2C1.c1ccc2c(c1)CCCC2. The lowest BCUT2D eigenvalue weighted by Gasteiger charge is -2.13. The summed E-state index contributed by atoms with van der Waals surface area (Å²) >= 11 is 0. The lowest BCUT2D eigenvalue weighted by molar-refractivity contribution is 0.685. The van der Waals surface area contributed by atoms with Gasteiger partial charge in [0.2, 0.25) is 0 Å². The summed E-state index contributed by atoms with van der Waals surface area (Å²) in [5.41, 5.74) is 6.14. The molecule has 0 saturated heterocycles. The van der Waals surface area contributed by atoms with Crippen molar-refractivity contribution in [2.45, 2.75) is 38.5 Å². The van der Waals surface area contributed by atoms with Gasteiger partial charge in [-0.3, -0.25) is 0 Å². The Morgan fingerprint density at radius 1 is 0.500 bits per heavy atom. The molecule has 102 valence electrons. The van der Waals surface area contributed by atoms with Gasteiger partial charge >= 0.3 is 0 Å². The molecular weight excluding hydrogens is 240 g/mol. The van der Waals surface area contributed by atoms with Gasteiger partial charge in [0.05, 0.1) is 0 Å². The van der Waals surface area contributed by atoms with Crippen LogP contribution in [0.5, 0.6) is 0 Å². The van der Waals surface area contributed by atoms with E-state index in [2.05, 4.69) is 60.7 Å². The van der Waals surface area contributed by atoms with Gasteiger partial charge < -0.3 is 0 Å². The number of hydrogen-bond donors (Lipinski definition) is 0. The second-order valence-electron chi connectivity index (χ2n) is 5.62. The van der Waals surface area contributed by atoms with E-state index in [4.69, 9.17) is 0 Å². The predicted octanol–water partition coefficient (Wildman–Crippen LogP) is 4.91. The normalized spacial score (nSPS) is 15.6. The molecule has 0 nitrogen and oxygen atoms in total. The van der Waals surface area contributed by atoms with Crippen LogP contribution in [-0.4, -0.2) is 0 Å². The monoisotopic (exact) mass is 262 g/mol. The summed E-state index contributed by atoms with van der Waals surface area (Å²) in [6.07, 6.45) is 12.1. The fourth-order valence-electron chi connectivity index (χ4n) is 3.05. The number of fused-ring (bicyclic) bond motifs is 2. The minimum atomic E-state index is 1.12. The predicted molar refractivity (Wildman–Crippen MR) is 86.1 cm³/mol. The van der Waals surface area contributed by atoms with E-state index in [1.165, 1.54) is 36.8 Å². The lowest BCUT2D eigenvalue weighted by atomic mass is 9.92. The average molecular weight is 262 g/mol. The van der Waals surface area contributed by atoms with Crippen molar-refractivity contribution in [3.8, 4) is 0 Å². The van der Waals surface area contributed by atoms with Crippen LogP contribution in [0.4, 0.5) is 0 Å². The summed E-state index contributed by atoms with van der Waals surface area (Å²) < 4.78 is 0. The zero-order valence-electron chi connectivity index (χ0n) is 12.0. The summed E-state index contributed by atoms with van der Waals surface area (Å²) in [5.74, 6) is 0. The molecule has 2 aliphatic rings. The molecule has 0 amide bonds. The molecule has 0 spiro atoms. The second-order valence-corrected chi connectivity index (χ2v) is 5.62. The molecule has 2 aliphatic carbocycles. The summed E-state index contributed by atoms with van der Waals surface area (Å²) in [7, 11) is 0. The van der Waals surface area contributed by atoms with Crippen LogP contribution >= 0.6 is 0 Å². The largest absolute Gasteiger partial charge is 0.0838 e. The van der Waals surface area contributed by atoms with Crippen molar-refractivity contribution in [2.75, 3.05) is 0 Å². The van der Waals surface area contributed by atoms with Crippen molar-refractivity contribution in [3.05, 3.63) is 82.9 Å². The van der Waals surface area contributed by atoms with Crippen molar-refractivity contribution in [1.82, 2.24) is 0 Å². The Labute approximate surface area is 122 Å². The van der Waals surface area contributed by atoms with Crippen LogP contribution in [0.3, 0.4) is 0 Å². The Morgan fingerprint density at radius 2 is 0.900 bits per heavy atom. The van der Waals surface area contributed by atoms with Gasteiger partial charge in [-0.25, -0.2) is 0 Å². The Hall–Kier alpha value is -1.82. The zero-order valence-corrected chi connectivity index (χ0v) is 12.0. The first-order chi connectivity index (χ1) is 9.93. The fraction of sp³-hybridized carbons (Fsp3) is 0.300. The van der Waals surface area contributed by atoms with E-state index in [1.807, 2.05) is 0 Å². The standard InChI is InChI=1S/C10H12.C10H10/c2*1-2-6-10-8-4-3-7-9(10)5-1/h1-2,5-6H,3-4,7-8H2;1-6H,7-8H2. The summed E-state index contributed by atoms with van der Waals surface area (Å²) in [6.45, 7) is 0. The van der Waals surface area contributed by atoms with Gasteiger partial charge in [-0.1, -0.05) is 60.7 Å². The number of allylic oxidation sites excluding steroid dienone is 2. The average Bonchev–Trinajstić information content (AvgIpc) is 2.56. The minimum Gasteiger partial charge on any atom is -0.0838 e. The maximum Gasteiger partial charge on any atom is -0.00945 e. The van der Waals surface area contributed by atoms with Crippen LogP contribution < -0.4 is 0 Å². The van der Waals surface area contributed by atoms with Gasteiger partial charge in [-0.15, -0.1) is 0 Å². The molecule has 0 unspecified atom stereocenters. The third kappa shape index (κ3) is 3.19. The summed E-state index contributed by atoms with van der Waals surface area (Å²) in [5, 5.41) is 0. The molecule has 0 bridgehead atoms. The Balaban J connectivity index is 0.000000121. The van der Waals surface area contributed by atoms with Crippen LogP contribution in [0, 0.1) is 0 Å². The first kappa shape index (κ1) is 13.2. The first-order valence-corrected chi connectivity index (χ1v) is 7.72. The molecule has 20 heavy (non-hydrogen) atoms. The minimum absolute atomic E-state index is 1.12. The summed E-state index contributed by atoms with van der Waals surface area (Å²) in [6, 6.07) is 17.4. The molecule has 0 N–H and O–H groups in total. The van der Waals surface area contributed by atoms with Crippen LogP contribution in [0.2, 0.25) is 0 Å². The molecule has 0 radical (unpaired) electrons. The van der Waals surface area contributed by atoms with Gasteiger partial charge in [0.15, 0.2) is 0 Å². The zero-order chi connectivity index (χ0) is 13.6. The quantitative estimate of drug-likeness (QED) is 0.592. The van der Waals surface area contributed by atoms with E-state index >= 15 is 0 Å². The van der Waals surface area contributed by atoms with Crippen LogP contribution in [-0.2, 0) is 25.7 Å². The molecule has 0 fully saturated rings. The Bertz CT molecular complexity index is 540. The molecule has 0 atom stereocenters. The molecule has 0 heterocycles. The molecule has 2 aromatic rings. The van der Waals surface area contributed by atoms with E-state index in [0.29, 0.717) is 0 Å². The van der Waals surface area contributed by atoms with Crippen LogP contribution in [0.25, 0.3) is 0 Å². The highest BCUT2D eigenvalue weighted by Crippen LogP contribution is 2.19. The number of aryl methyl sites for hydroxylation is 2. The topological polar surface area (TPSA) is 0 Å². The third-order valence-electron chi connectivity index (χ3n) is 4.22. The maximum absolute atomic E-state index is 2.26. The fourth-order valence-corrected chi connectivity index (χ4v) is 3.05. The molecule has 0 aliphatic heterocycles. The van der Waals surface area contributed by atoms with Gasteiger partial charge in [0, 0.05) is 0 Å². The lowest BCUT2D eigenvalue weighted by Crippen LogP contribution is -2.00. The van der Waals surface area contributed by atoms with Gasteiger partial charge in [-0.2, -0.15) is 0 Å². The van der Waals surface area contributed by atoms with Crippen molar-refractivity contribution in [2.24, 2.45) is 0 Å². The van der Waals surface area contributed by atoms with E-state index < -0.39 is 0 Å². The van der Waals surface area contributed by atoms with E-state index in [-0.39, 0.29) is 0 Å². The number of rotatable bonds is 0. The molecular formula is C20H22. The van der Waals surface area contributed by atoms with Gasteiger partial charge in [0.25, 0.3) is 0 Å². The molecule has 0 aromatic heterocycles. The highest BCUT2D eigenvalue weighted by atomic mass is 14.1. The molecule has 0 heteroatoms. The van der Waals surface area contributed by atoms with Gasteiger partial charge in [0.1, 0.15) is 0 Å². The van der Waals surface area contributed by atoms with Crippen molar-refractivity contribution in [3.63, 3.8) is 0 Å². The maximum atomic E-state index is 2.26. The molecule has 4 rings (SSSR count). The van der Waals surface area contributed by atoms with Gasteiger partial charge in [-0.05, 0) is 60.8 Å². The van der Waals surface area contributed by atoms with E-state index in [0.717, 1.165) is 12.8 Å². The van der Waals surface area contributed by atoms with Crippen molar-refractivity contribution in [1.29, 1.82) is 0 Å². The first-order valence-electron chi connectivity index (χ1n) is 7.72. The van der Waals surface area contributed by atoms with Crippen LogP contribution in [0.15, 0.2) is 60.7 Å². The second kappa shape index (κ2) is 6.56. The molecule has 2 aromatic carbocycles. The van der Waals surface area contributed by atoms with E-state index in [1.54, 1.807) is 11.1 Å². The smallest absolute Gasteiger partial charge is 0.00945 e. The van der Waals surface area contributed by atoms with E-state index in [9.17, 15) is 0 Å². The molecule has 0 saturated carbocycles. The third-order valence-corrected chi connectivity index (χ3v) is 4.22. The highest BCUT2D eigenvalue weighted by Gasteiger charge is 2.06. The summed E-state index contributed by atoms with van der Waals surface area (Å²) in [4.78, 5) is 0. The Kier molecular flexibility index (Phi) is 4.32. The van der Waals surface area contributed by atoms with Crippen molar-refractivity contribution < 1.29 is 0 Å². The van der Waals surface area contributed by atoms with Crippen molar-refractivity contribution >= 4 is 0 Å². The Morgan fingerprint density at radius 3 is 1.35 bits per heavy atom. The van der Waals surface area contributed by atoms with Crippen LogP contribution in [0.1, 0.15) is 35.1 Å². The number of benzene rings is 2. The number of hydrogen-bond acceptors (Lipinski definition) is 0. The highest BCUT2D eigenvalue weighted by molar-refractivity contribution is 5.33.